The van der Waals surface area contributed by atoms with E-state index in [1.165, 1.54) is 30.3 Å². The largest absolute Gasteiger partial charge is 0.472 e. The van der Waals surface area contributed by atoms with Crippen molar-refractivity contribution in [2.24, 2.45) is 0 Å². The Bertz CT molecular complexity index is 839. The molecule has 2 rings (SSSR count). The second-order valence-corrected chi connectivity index (χ2v) is 7.18. The van der Waals surface area contributed by atoms with Crippen LogP contribution >= 0.6 is 0 Å². The van der Waals surface area contributed by atoms with Crippen LogP contribution in [0.3, 0.4) is 0 Å². The lowest BCUT2D eigenvalue weighted by Crippen LogP contribution is -2.24. The number of rotatable bonds is 7. The van der Waals surface area contributed by atoms with Crippen molar-refractivity contribution >= 4 is 15.7 Å². The summed E-state index contributed by atoms with van der Waals surface area (Å²) in [6, 6.07) is 10.4. The monoisotopic (exact) mass is 370 g/mol. The summed E-state index contributed by atoms with van der Waals surface area (Å²) in [7, 11) is -3.27. The molecule has 0 aliphatic heterocycles. The molecule has 0 aliphatic rings. The maximum atomic E-state index is 12.1. The van der Waals surface area contributed by atoms with Crippen molar-refractivity contribution in [3.05, 3.63) is 53.7 Å². The normalized spacial score (nSPS) is 11.4. The van der Waals surface area contributed by atoms with Crippen molar-refractivity contribution in [1.29, 1.82) is 0 Å². The van der Waals surface area contributed by atoms with E-state index in [9.17, 15) is 22.0 Å². The first-order chi connectivity index (χ1) is 11.8. The second-order valence-electron chi connectivity index (χ2n) is 5.16. The van der Waals surface area contributed by atoms with Gasteiger partial charge >= 0.3 is 0 Å². The van der Waals surface area contributed by atoms with Gasteiger partial charge in [-0.3, -0.25) is 4.79 Å². The summed E-state index contributed by atoms with van der Waals surface area (Å²) >= 11 is 0. The average molecular weight is 370 g/mol. The number of nitrogens with one attached hydrogen (secondary N) is 1. The Morgan fingerprint density at radius 1 is 1.20 bits per heavy atom. The molecule has 25 heavy (non-hydrogen) atoms. The lowest BCUT2D eigenvalue weighted by molar-refractivity contribution is 0.0792. The molecule has 1 aromatic heterocycles. The van der Waals surface area contributed by atoms with Gasteiger partial charge in [-0.15, -0.1) is 0 Å². The number of carbonyl (C=O) groups excluding carboxylic acids is 1. The van der Waals surface area contributed by atoms with E-state index in [2.05, 4.69) is 10.3 Å². The summed E-state index contributed by atoms with van der Waals surface area (Å²) in [5.74, 6) is -0.569. The highest BCUT2D eigenvalue weighted by molar-refractivity contribution is 7.90. The molecule has 0 unspecified atom stereocenters. The zero-order valence-electron chi connectivity index (χ0n) is 13.3. The van der Waals surface area contributed by atoms with Gasteiger partial charge < -0.3 is 10.1 Å². The maximum absolute atomic E-state index is 12.1. The van der Waals surface area contributed by atoms with Crippen molar-refractivity contribution < 1.29 is 26.7 Å². The number of hydrogen-bond donors (Lipinski definition) is 1. The van der Waals surface area contributed by atoms with Gasteiger partial charge in [-0.05, 0) is 23.8 Å². The van der Waals surface area contributed by atoms with Crippen LogP contribution in [0.25, 0.3) is 0 Å². The van der Waals surface area contributed by atoms with E-state index in [1.54, 1.807) is 12.1 Å². The van der Waals surface area contributed by atoms with E-state index in [-0.39, 0.29) is 23.0 Å². The average Bonchev–Trinajstić information content (AvgIpc) is 2.57. The number of nitrogens with zero attached hydrogens (tertiary/aromatic N) is 1. The van der Waals surface area contributed by atoms with Crippen LogP contribution in [0.2, 0.25) is 0 Å². The third-order valence-corrected chi connectivity index (χ3v) is 4.25. The summed E-state index contributed by atoms with van der Waals surface area (Å²) in [5.41, 5.74) is 0.727. The Kier molecular flexibility index (Phi) is 6.02. The van der Waals surface area contributed by atoms with Gasteiger partial charge in [0.1, 0.15) is 5.69 Å². The molecule has 6 nitrogen and oxygen atoms in total. The Labute approximate surface area is 143 Å². The lowest BCUT2D eigenvalue weighted by Gasteiger charge is -2.08. The molecule has 0 atom stereocenters. The standard InChI is InChI=1S/C16H16F2N2O4S/c1-25(22,23)12-7-5-11(6-8-12)9-19-16(21)13-3-2-4-15(20-13)24-10-14(17)18/h2-8,14H,9-10H2,1H3,(H,19,21). The van der Waals surface area contributed by atoms with E-state index in [1.807, 2.05) is 0 Å². The zero-order valence-corrected chi connectivity index (χ0v) is 14.1. The minimum Gasteiger partial charge on any atom is -0.472 e. The second kappa shape index (κ2) is 8.02. The molecule has 0 spiro atoms. The highest BCUT2D eigenvalue weighted by atomic mass is 32.2. The molecule has 1 aromatic carbocycles. The first-order valence-corrected chi connectivity index (χ1v) is 9.10. The maximum Gasteiger partial charge on any atom is 0.272 e. The van der Waals surface area contributed by atoms with Crippen LogP contribution in [-0.2, 0) is 16.4 Å². The van der Waals surface area contributed by atoms with E-state index in [0.29, 0.717) is 5.56 Å². The van der Waals surface area contributed by atoms with Crippen molar-refractivity contribution in [2.75, 3.05) is 12.9 Å². The summed E-state index contributed by atoms with van der Waals surface area (Å²) in [5, 5.41) is 2.61. The van der Waals surface area contributed by atoms with Crippen LogP contribution in [0.4, 0.5) is 8.78 Å². The van der Waals surface area contributed by atoms with E-state index < -0.39 is 28.8 Å². The highest BCUT2D eigenvalue weighted by Gasteiger charge is 2.11. The number of carbonyl (C=O) groups is 1. The fraction of sp³-hybridized carbons (Fsp3) is 0.250. The number of ether oxygens (including phenoxy) is 1. The molecule has 0 radical (unpaired) electrons. The fourth-order valence-corrected chi connectivity index (χ4v) is 2.53. The Balaban J connectivity index is 1.97. The van der Waals surface area contributed by atoms with Gasteiger partial charge in [0.05, 0.1) is 4.90 Å². The van der Waals surface area contributed by atoms with Crippen molar-refractivity contribution in [1.82, 2.24) is 10.3 Å². The molecule has 2 aromatic rings. The van der Waals surface area contributed by atoms with Crippen LogP contribution in [0.15, 0.2) is 47.4 Å². The van der Waals surface area contributed by atoms with Gasteiger partial charge in [-0.2, -0.15) is 0 Å². The summed E-state index contributed by atoms with van der Waals surface area (Å²) < 4.78 is 51.8. The minimum absolute atomic E-state index is 0.0273. The topological polar surface area (TPSA) is 85.4 Å². The number of benzene rings is 1. The van der Waals surface area contributed by atoms with Gasteiger partial charge in [0.25, 0.3) is 12.3 Å². The molecule has 1 amide bonds. The van der Waals surface area contributed by atoms with Gasteiger partial charge in [0.2, 0.25) is 5.88 Å². The number of sulfone groups is 1. The zero-order chi connectivity index (χ0) is 18.4. The Hall–Kier alpha value is -2.55. The molecule has 0 saturated heterocycles. The van der Waals surface area contributed by atoms with Crippen molar-refractivity contribution in [2.45, 2.75) is 17.9 Å². The number of amides is 1. The Morgan fingerprint density at radius 3 is 2.48 bits per heavy atom. The SMILES string of the molecule is CS(=O)(=O)c1ccc(CNC(=O)c2cccc(OCC(F)F)n2)cc1. The van der Waals surface area contributed by atoms with Crippen LogP contribution in [0.1, 0.15) is 16.1 Å². The summed E-state index contributed by atoms with van der Waals surface area (Å²) in [6.07, 6.45) is -1.52. The molecule has 1 heterocycles. The molecule has 1 N–H and O–H groups in total. The number of alkyl halides is 2. The molecule has 0 aliphatic carbocycles. The van der Waals surface area contributed by atoms with Crippen molar-refractivity contribution in [3.8, 4) is 5.88 Å². The van der Waals surface area contributed by atoms with Crippen molar-refractivity contribution in [3.63, 3.8) is 0 Å². The van der Waals surface area contributed by atoms with E-state index in [0.717, 1.165) is 6.26 Å². The number of pyridine rings is 1. The van der Waals surface area contributed by atoms with Crippen LogP contribution in [-0.4, -0.2) is 38.6 Å². The van der Waals surface area contributed by atoms with Gasteiger partial charge in [0.15, 0.2) is 16.4 Å². The summed E-state index contributed by atoms with van der Waals surface area (Å²) in [4.78, 5) is 16.1. The van der Waals surface area contributed by atoms with Crippen LogP contribution < -0.4 is 10.1 Å². The lowest BCUT2D eigenvalue weighted by atomic mass is 10.2. The number of hydrogen-bond acceptors (Lipinski definition) is 5. The smallest absolute Gasteiger partial charge is 0.272 e. The molecule has 0 fully saturated rings. The quantitative estimate of drug-likeness (QED) is 0.806. The molecule has 9 heteroatoms. The third kappa shape index (κ3) is 5.79. The molecule has 0 bridgehead atoms. The predicted molar refractivity (Wildman–Crippen MR) is 86.5 cm³/mol. The highest BCUT2D eigenvalue weighted by Crippen LogP contribution is 2.11. The molecule has 134 valence electrons. The molecular weight excluding hydrogens is 354 g/mol. The van der Waals surface area contributed by atoms with Gasteiger partial charge in [-0.1, -0.05) is 18.2 Å². The fourth-order valence-electron chi connectivity index (χ4n) is 1.90. The van der Waals surface area contributed by atoms with Crippen LogP contribution in [0, 0.1) is 0 Å². The summed E-state index contributed by atoms with van der Waals surface area (Å²) in [6.45, 7) is -0.641. The van der Waals surface area contributed by atoms with Crippen LogP contribution in [0.5, 0.6) is 5.88 Å². The Morgan fingerprint density at radius 2 is 1.88 bits per heavy atom. The first kappa shape index (κ1) is 18.8. The van der Waals surface area contributed by atoms with E-state index >= 15 is 0 Å². The third-order valence-electron chi connectivity index (χ3n) is 3.12. The molecular formula is C16H16F2N2O4S. The first-order valence-electron chi connectivity index (χ1n) is 7.21. The van der Waals surface area contributed by atoms with E-state index in [4.69, 9.17) is 4.74 Å². The minimum atomic E-state index is -3.27. The molecule has 0 saturated carbocycles. The van der Waals surface area contributed by atoms with Gasteiger partial charge in [0, 0.05) is 18.9 Å². The number of halogens is 2. The van der Waals surface area contributed by atoms with Gasteiger partial charge in [-0.25, -0.2) is 22.2 Å². The predicted octanol–water partition coefficient (Wildman–Crippen LogP) is 2.06. The number of aromatic nitrogens is 1.